The van der Waals surface area contributed by atoms with E-state index in [0.717, 1.165) is 26.3 Å². The molecule has 0 aliphatic carbocycles. The van der Waals surface area contributed by atoms with Crippen molar-refractivity contribution in [2.24, 2.45) is 5.11 Å². The lowest BCUT2D eigenvalue weighted by atomic mass is 9.91. The lowest BCUT2D eigenvalue weighted by Crippen LogP contribution is -2.62. The van der Waals surface area contributed by atoms with E-state index in [2.05, 4.69) is 10.0 Å². The van der Waals surface area contributed by atoms with E-state index in [9.17, 15) is 19.2 Å². The van der Waals surface area contributed by atoms with Gasteiger partial charge in [-0.15, -0.1) is 0 Å². The summed E-state index contributed by atoms with van der Waals surface area (Å²) in [6, 6.07) is 7.00. The minimum Gasteiger partial charge on any atom is -0.497 e. The molecule has 1 aliphatic rings. The van der Waals surface area contributed by atoms with E-state index >= 15 is 0 Å². The summed E-state index contributed by atoms with van der Waals surface area (Å²) in [5, 5.41) is 3.46. The first-order chi connectivity index (χ1) is 16.6. The van der Waals surface area contributed by atoms with Gasteiger partial charge in [0.1, 0.15) is 18.0 Å². The molecule has 0 amide bonds. The van der Waals surface area contributed by atoms with E-state index < -0.39 is 48.4 Å². The average molecular weight is 489 g/mol. The van der Waals surface area contributed by atoms with Crippen LogP contribution in [0.2, 0.25) is 0 Å². The molecule has 5 atom stereocenters. The van der Waals surface area contributed by atoms with Crippen molar-refractivity contribution in [1.82, 2.24) is 0 Å². The highest BCUT2D eigenvalue weighted by Crippen LogP contribution is 2.31. The monoisotopic (exact) mass is 489 g/mol. The number of carbonyl (C=O) groups excluding carboxylic acids is 4. The molecule has 0 aromatic heterocycles. The Morgan fingerprint density at radius 2 is 1.49 bits per heavy atom. The fraction of sp³-hybridized carbons (Fsp3) is 0.478. The van der Waals surface area contributed by atoms with Gasteiger partial charge in [0.25, 0.3) is 0 Å². The Morgan fingerprint density at radius 3 is 2.00 bits per heavy atom. The van der Waals surface area contributed by atoms with Gasteiger partial charge >= 0.3 is 17.9 Å². The minimum atomic E-state index is -1.30. The number of ketones is 1. The molecule has 0 saturated carbocycles. The first kappa shape index (κ1) is 27.4. The molecule has 35 heavy (non-hydrogen) atoms. The normalized spacial score (nSPS) is 23.6. The Kier molecular flexibility index (Phi) is 10.2. The van der Waals surface area contributed by atoms with Gasteiger partial charge in [-0.05, 0) is 29.3 Å². The van der Waals surface area contributed by atoms with Gasteiger partial charge in [0.05, 0.1) is 13.7 Å². The molecule has 0 spiro atoms. The summed E-state index contributed by atoms with van der Waals surface area (Å²) in [7, 11) is 1.54. The van der Waals surface area contributed by atoms with Gasteiger partial charge in [0.2, 0.25) is 0 Å². The molecule has 1 saturated heterocycles. The van der Waals surface area contributed by atoms with Crippen LogP contribution in [-0.2, 0) is 38.1 Å². The predicted octanol–water partition coefficient (Wildman–Crippen LogP) is 2.54. The quantitative estimate of drug-likeness (QED) is 0.120. The number of esters is 3. The highest BCUT2D eigenvalue weighted by atomic mass is 16.6. The van der Waals surface area contributed by atoms with Crippen molar-refractivity contribution in [2.75, 3.05) is 13.7 Å². The number of allylic oxidation sites excluding steroid dienone is 1. The van der Waals surface area contributed by atoms with Crippen LogP contribution < -0.4 is 4.74 Å². The zero-order valence-corrected chi connectivity index (χ0v) is 19.8. The molecule has 1 aromatic rings. The van der Waals surface area contributed by atoms with Crippen molar-refractivity contribution in [3.8, 4) is 5.75 Å². The van der Waals surface area contributed by atoms with Crippen LogP contribution in [0.3, 0.4) is 0 Å². The number of benzene rings is 1. The van der Waals surface area contributed by atoms with Crippen LogP contribution in [0.1, 0.15) is 32.8 Å². The van der Waals surface area contributed by atoms with Gasteiger partial charge < -0.3 is 23.7 Å². The highest BCUT2D eigenvalue weighted by Gasteiger charge is 2.51. The van der Waals surface area contributed by atoms with E-state index in [-0.39, 0.29) is 18.7 Å². The summed E-state index contributed by atoms with van der Waals surface area (Å²) in [5.41, 5.74) is 9.48. The number of nitrogens with zero attached hydrogens (tertiary/aromatic N) is 3. The summed E-state index contributed by atoms with van der Waals surface area (Å²) in [6.45, 7) is 3.12. The summed E-state index contributed by atoms with van der Waals surface area (Å²) in [4.78, 5) is 50.8. The fourth-order valence-electron chi connectivity index (χ4n) is 3.58. The van der Waals surface area contributed by atoms with Crippen molar-refractivity contribution in [2.45, 2.75) is 57.7 Å². The molecule has 1 heterocycles. The first-order valence-corrected chi connectivity index (χ1v) is 10.7. The molecule has 0 unspecified atom stereocenters. The second kappa shape index (κ2) is 13.1. The zero-order chi connectivity index (χ0) is 26.0. The van der Waals surface area contributed by atoms with Crippen LogP contribution in [0.15, 0.2) is 35.5 Å². The highest BCUT2D eigenvalue weighted by molar-refractivity contribution is 5.94. The number of rotatable bonds is 10. The maximum absolute atomic E-state index is 12.7. The number of ether oxygens (including phenoxy) is 5. The van der Waals surface area contributed by atoms with Gasteiger partial charge in [-0.25, -0.2) is 0 Å². The molecule has 12 nitrogen and oxygen atoms in total. The van der Waals surface area contributed by atoms with Gasteiger partial charge in [0.15, 0.2) is 24.1 Å². The van der Waals surface area contributed by atoms with E-state index in [4.69, 9.17) is 29.2 Å². The Labute approximate surface area is 201 Å². The van der Waals surface area contributed by atoms with Crippen LogP contribution in [0.5, 0.6) is 5.75 Å². The molecule has 0 radical (unpaired) electrons. The van der Waals surface area contributed by atoms with Crippen LogP contribution in [0.25, 0.3) is 16.5 Å². The maximum Gasteiger partial charge on any atom is 0.303 e. The first-order valence-electron chi connectivity index (χ1n) is 10.7. The standard InChI is InChI=1S/C23H27N3O9/c1-13(27)32-21-19(11-17(30)8-5-16-6-9-18(31-4)10-7-16)35-20(12-25-26-24)22(33-14(2)28)23(21)34-15(3)29/h5-10,19-23H,11-12H2,1-4H3/b8-5+/t19-,20-,21+,22-,23-/m1/s1. The lowest BCUT2D eigenvalue weighted by Gasteiger charge is -2.44. The molecule has 1 aliphatic heterocycles. The number of carbonyl (C=O) groups is 4. The predicted molar refractivity (Wildman–Crippen MR) is 121 cm³/mol. The third-order valence-corrected chi connectivity index (χ3v) is 4.94. The number of methoxy groups -OCH3 is 1. The number of azide groups is 1. The lowest BCUT2D eigenvalue weighted by molar-refractivity contribution is -0.244. The van der Waals surface area contributed by atoms with E-state index in [1.165, 1.54) is 6.08 Å². The number of hydrogen-bond donors (Lipinski definition) is 0. The molecule has 12 heteroatoms. The summed E-state index contributed by atoms with van der Waals surface area (Å²) < 4.78 is 27.0. The SMILES string of the molecule is COc1ccc(/C=C/C(=O)C[C@H]2O[C@H](CN=[N+]=[N-])[C@@H](OC(C)=O)[C@H](OC(C)=O)[C@H]2OC(C)=O)cc1. The van der Waals surface area contributed by atoms with Crippen LogP contribution >= 0.6 is 0 Å². The molecule has 2 rings (SSSR count). The summed E-state index contributed by atoms with van der Waals surface area (Å²) in [5.74, 6) is -1.90. The molecule has 0 bridgehead atoms. The molecule has 0 N–H and O–H groups in total. The van der Waals surface area contributed by atoms with Crippen molar-refractivity contribution >= 4 is 29.8 Å². The van der Waals surface area contributed by atoms with Crippen molar-refractivity contribution in [3.63, 3.8) is 0 Å². The third kappa shape index (κ3) is 8.43. The second-order valence-corrected chi connectivity index (χ2v) is 7.63. The molecule has 188 valence electrons. The fourth-order valence-corrected chi connectivity index (χ4v) is 3.58. The molecular weight excluding hydrogens is 462 g/mol. The van der Waals surface area contributed by atoms with Crippen molar-refractivity contribution < 1.29 is 42.9 Å². The molecule has 1 fully saturated rings. The smallest absolute Gasteiger partial charge is 0.303 e. The third-order valence-electron chi connectivity index (χ3n) is 4.94. The minimum absolute atomic E-state index is 0.262. The van der Waals surface area contributed by atoms with Gasteiger partial charge in [-0.3, -0.25) is 19.2 Å². The maximum atomic E-state index is 12.7. The van der Waals surface area contributed by atoms with Crippen LogP contribution in [-0.4, -0.2) is 67.9 Å². The Balaban J connectivity index is 2.33. The number of hydrogen-bond acceptors (Lipinski definition) is 10. The Bertz CT molecular complexity index is 1000. The summed E-state index contributed by atoms with van der Waals surface area (Å²) in [6.07, 6.45) is -3.28. The average Bonchev–Trinajstić information content (AvgIpc) is 2.79. The largest absolute Gasteiger partial charge is 0.497 e. The van der Waals surface area contributed by atoms with Crippen molar-refractivity contribution in [3.05, 3.63) is 46.3 Å². The van der Waals surface area contributed by atoms with Gasteiger partial charge in [-0.1, -0.05) is 23.3 Å². The van der Waals surface area contributed by atoms with Gasteiger partial charge in [0, 0.05) is 32.1 Å². The Morgan fingerprint density at radius 1 is 0.943 bits per heavy atom. The Hall–Kier alpha value is -3.89. The topological polar surface area (TPSA) is 163 Å². The molecular formula is C23H27N3O9. The molecule has 1 aromatic carbocycles. The van der Waals surface area contributed by atoms with E-state index in [1.54, 1.807) is 37.5 Å². The van der Waals surface area contributed by atoms with E-state index in [1.807, 2.05) is 0 Å². The summed E-state index contributed by atoms with van der Waals surface area (Å²) >= 11 is 0. The van der Waals surface area contributed by atoms with E-state index in [0.29, 0.717) is 5.75 Å². The zero-order valence-electron chi connectivity index (χ0n) is 19.8. The van der Waals surface area contributed by atoms with Gasteiger partial charge in [-0.2, -0.15) is 0 Å². The second-order valence-electron chi connectivity index (χ2n) is 7.63. The van der Waals surface area contributed by atoms with Crippen molar-refractivity contribution in [1.29, 1.82) is 0 Å². The van der Waals surface area contributed by atoms with Crippen LogP contribution in [0.4, 0.5) is 0 Å². The van der Waals surface area contributed by atoms with Crippen LogP contribution in [0, 0.1) is 0 Å².